The molecule has 2 atom stereocenters. The van der Waals surface area contributed by atoms with Crippen LogP contribution in [0.1, 0.15) is 33.3 Å². The maximum Gasteiger partial charge on any atom is 0.410 e. The van der Waals surface area contributed by atoms with Crippen LogP contribution >= 0.6 is 0 Å². The summed E-state index contributed by atoms with van der Waals surface area (Å²) in [6.07, 6.45) is -1.55. The first kappa shape index (κ1) is 29.2. The average molecular weight is 495 g/mol. The highest BCUT2D eigenvalue weighted by Gasteiger charge is 2.27. The lowest BCUT2D eigenvalue weighted by Gasteiger charge is -2.28. The van der Waals surface area contributed by atoms with E-state index in [9.17, 15) is 24.0 Å². The Bertz CT molecular complexity index is 885. The molecule has 0 unspecified atom stereocenters. The Morgan fingerprint density at radius 1 is 1.03 bits per heavy atom. The number of benzene rings is 1. The fraction of sp³-hybridized carbons (Fsp3) is 0.522. The summed E-state index contributed by atoms with van der Waals surface area (Å²) >= 11 is 0. The van der Waals surface area contributed by atoms with Gasteiger partial charge in [-0.25, -0.2) is 14.4 Å². The molecule has 3 N–H and O–H groups in total. The SMILES string of the molecule is COC(=O)[C@H](CNC(=O)CNC(=O)[C@H](C)N(C)C(=O)OC(C)(C)C)NC(=O)OCc1ccccc1. The Balaban J connectivity index is 2.50. The number of amides is 4. The zero-order valence-electron chi connectivity index (χ0n) is 20.9. The van der Waals surface area contributed by atoms with Crippen molar-refractivity contribution in [2.75, 3.05) is 27.2 Å². The molecule has 0 spiro atoms. The molecule has 0 aliphatic rings. The molecule has 194 valence electrons. The third-order valence-corrected chi connectivity index (χ3v) is 4.56. The number of alkyl carbamates (subject to hydrolysis) is 1. The van der Waals surface area contributed by atoms with Crippen molar-refractivity contribution in [3.63, 3.8) is 0 Å². The van der Waals surface area contributed by atoms with Gasteiger partial charge in [-0.3, -0.25) is 14.5 Å². The number of hydrogen-bond acceptors (Lipinski definition) is 8. The van der Waals surface area contributed by atoms with E-state index in [4.69, 9.17) is 9.47 Å². The molecule has 4 amide bonds. The van der Waals surface area contributed by atoms with Gasteiger partial charge in [0.05, 0.1) is 13.7 Å². The van der Waals surface area contributed by atoms with Crippen molar-refractivity contribution < 1.29 is 38.2 Å². The van der Waals surface area contributed by atoms with Crippen LogP contribution in [0.25, 0.3) is 0 Å². The summed E-state index contributed by atoms with van der Waals surface area (Å²) in [7, 11) is 2.54. The number of carbonyl (C=O) groups is 5. The number of rotatable bonds is 10. The van der Waals surface area contributed by atoms with Crippen molar-refractivity contribution >= 4 is 30.0 Å². The summed E-state index contributed by atoms with van der Waals surface area (Å²) in [5.74, 6) is -2.00. The second kappa shape index (κ2) is 13.8. The highest BCUT2D eigenvalue weighted by molar-refractivity contribution is 5.89. The van der Waals surface area contributed by atoms with Crippen LogP contribution in [0, 0.1) is 0 Å². The third kappa shape index (κ3) is 11.2. The summed E-state index contributed by atoms with van der Waals surface area (Å²) in [5, 5.41) is 7.15. The molecule has 0 aliphatic heterocycles. The summed E-state index contributed by atoms with van der Waals surface area (Å²) in [6, 6.07) is 6.83. The minimum Gasteiger partial charge on any atom is -0.467 e. The Hall–Kier alpha value is -3.83. The molecule has 0 aromatic heterocycles. The molecular formula is C23H34N4O8. The monoisotopic (exact) mass is 494 g/mol. The maximum absolute atomic E-state index is 12.3. The lowest BCUT2D eigenvalue weighted by molar-refractivity contribution is -0.143. The lowest BCUT2D eigenvalue weighted by Crippen LogP contribution is -2.52. The molecule has 0 aliphatic carbocycles. The molecule has 0 radical (unpaired) electrons. The Kier molecular flexibility index (Phi) is 11.5. The van der Waals surface area contributed by atoms with Crippen LogP contribution in [0.4, 0.5) is 9.59 Å². The van der Waals surface area contributed by atoms with E-state index in [1.807, 2.05) is 6.07 Å². The first-order chi connectivity index (χ1) is 16.3. The highest BCUT2D eigenvalue weighted by atomic mass is 16.6. The number of ether oxygens (including phenoxy) is 3. The van der Waals surface area contributed by atoms with Crippen molar-refractivity contribution in [1.29, 1.82) is 0 Å². The fourth-order valence-electron chi connectivity index (χ4n) is 2.50. The van der Waals surface area contributed by atoms with Crippen LogP contribution in [-0.2, 0) is 35.2 Å². The summed E-state index contributed by atoms with van der Waals surface area (Å²) in [4.78, 5) is 61.6. The van der Waals surface area contributed by atoms with Gasteiger partial charge in [-0.1, -0.05) is 30.3 Å². The average Bonchev–Trinajstić information content (AvgIpc) is 2.81. The number of esters is 1. The van der Waals surface area contributed by atoms with E-state index in [0.29, 0.717) is 0 Å². The van der Waals surface area contributed by atoms with Gasteiger partial charge in [-0.15, -0.1) is 0 Å². The van der Waals surface area contributed by atoms with Gasteiger partial charge >= 0.3 is 18.2 Å². The number of carbonyl (C=O) groups excluding carboxylic acids is 5. The molecule has 0 saturated heterocycles. The predicted octanol–water partition coefficient (Wildman–Crippen LogP) is 0.942. The molecule has 1 rings (SSSR count). The molecule has 1 aromatic rings. The van der Waals surface area contributed by atoms with E-state index in [1.165, 1.54) is 14.0 Å². The van der Waals surface area contributed by atoms with Gasteiger partial charge in [0.25, 0.3) is 0 Å². The summed E-state index contributed by atoms with van der Waals surface area (Å²) in [5.41, 5.74) is 0.0347. The molecule has 35 heavy (non-hydrogen) atoms. The minimum absolute atomic E-state index is 0.00508. The predicted molar refractivity (Wildman–Crippen MR) is 125 cm³/mol. The molecule has 12 heteroatoms. The van der Waals surface area contributed by atoms with Crippen molar-refractivity contribution in [3.05, 3.63) is 35.9 Å². The first-order valence-electron chi connectivity index (χ1n) is 10.9. The summed E-state index contributed by atoms with van der Waals surface area (Å²) in [6.45, 7) is 5.87. The van der Waals surface area contributed by atoms with Gasteiger partial charge in [0.15, 0.2) is 0 Å². The zero-order chi connectivity index (χ0) is 26.6. The van der Waals surface area contributed by atoms with Crippen molar-refractivity contribution in [2.45, 2.75) is 52.0 Å². The standard InChI is InChI=1S/C23H34N4O8/c1-15(27(5)22(32)35-23(2,3)4)19(29)25-13-18(28)24-12-17(20(30)33-6)26-21(31)34-14-16-10-8-7-9-11-16/h7-11,15,17H,12-14H2,1-6H3,(H,24,28)(H,25,29)(H,26,31)/t15-,17-/m0/s1. The molecule has 0 heterocycles. The lowest BCUT2D eigenvalue weighted by atomic mass is 10.2. The van der Waals surface area contributed by atoms with Gasteiger partial charge in [0, 0.05) is 13.6 Å². The van der Waals surface area contributed by atoms with Crippen LogP contribution in [0.15, 0.2) is 30.3 Å². The van der Waals surface area contributed by atoms with Crippen LogP contribution in [0.3, 0.4) is 0 Å². The Morgan fingerprint density at radius 3 is 2.23 bits per heavy atom. The van der Waals surface area contributed by atoms with E-state index in [1.54, 1.807) is 45.0 Å². The summed E-state index contributed by atoms with van der Waals surface area (Å²) < 4.78 is 14.9. The van der Waals surface area contributed by atoms with Crippen LogP contribution in [0.5, 0.6) is 0 Å². The second-order valence-electron chi connectivity index (χ2n) is 8.57. The minimum atomic E-state index is -1.21. The van der Waals surface area contributed by atoms with Gasteiger partial charge < -0.3 is 30.2 Å². The van der Waals surface area contributed by atoms with Crippen molar-refractivity contribution in [3.8, 4) is 0 Å². The van der Waals surface area contributed by atoms with E-state index >= 15 is 0 Å². The smallest absolute Gasteiger partial charge is 0.410 e. The number of nitrogens with zero attached hydrogens (tertiary/aromatic N) is 1. The van der Waals surface area contributed by atoms with Crippen molar-refractivity contribution in [2.24, 2.45) is 0 Å². The third-order valence-electron chi connectivity index (χ3n) is 4.56. The molecule has 0 saturated carbocycles. The number of nitrogens with one attached hydrogen (secondary N) is 3. The normalized spacial score (nSPS) is 12.4. The Labute approximate surface area is 204 Å². The van der Waals surface area contributed by atoms with Crippen LogP contribution in [-0.4, -0.2) is 79.8 Å². The molecule has 0 fully saturated rings. The van der Waals surface area contributed by atoms with Gasteiger partial charge in [0.2, 0.25) is 11.8 Å². The van der Waals surface area contributed by atoms with E-state index in [0.717, 1.165) is 17.6 Å². The second-order valence-corrected chi connectivity index (χ2v) is 8.57. The van der Waals surface area contributed by atoms with E-state index in [-0.39, 0.29) is 13.2 Å². The molecule has 0 bridgehead atoms. The van der Waals surface area contributed by atoms with Gasteiger partial charge in [-0.2, -0.15) is 0 Å². The fourth-order valence-corrected chi connectivity index (χ4v) is 2.50. The largest absolute Gasteiger partial charge is 0.467 e. The van der Waals surface area contributed by atoms with Gasteiger partial charge in [-0.05, 0) is 33.3 Å². The van der Waals surface area contributed by atoms with Crippen molar-refractivity contribution in [1.82, 2.24) is 20.9 Å². The number of likely N-dealkylation sites (N-methyl/N-ethyl adjacent to an activating group) is 1. The van der Waals surface area contributed by atoms with E-state index in [2.05, 4.69) is 20.7 Å². The Morgan fingerprint density at radius 2 is 1.66 bits per heavy atom. The number of methoxy groups -OCH3 is 1. The highest BCUT2D eigenvalue weighted by Crippen LogP contribution is 2.10. The quantitative estimate of drug-likeness (QED) is 0.321. The first-order valence-corrected chi connectivity index (χ1v) is 10.9. The van der Waals surface area contributed by atoms with Crippen LogP contribution in [0.2, 0.25) is 0 Å². The zero-order valence-corrected chi connectivity index (χ0v) is 20.9. The van der Waals surface area contributed by atoms with Crippen LogP contribution < -0.4 is 16.0 Å². The van der Waals surface area contributed by atoms with Gasteiger partial charge in [0.1, 0.15) is 24.3 Å². The maximum atomic E-state index is 12.3. The molecule has 1 aromatic carbocycles. The number of hydrogen-bond donors (Lipinski definition) is 3. The molecule has 12 nitrogen and oxygen atoms in total. The topological polar surface area (TPSA) is 152 Å². The van der Waals surface area contributed by atoms with E-state index < -0.39 is 54.2 Å². The molecular weight excluding hydrogens is 460 g/mol.